The Bertz CT molecular complexity index is 1450. The second kappa shape index (κ2) is 14.2. The molecule has 5 atom stereocenters. The second-order valence-electron chi connectivity index (χ2n) is 11.4. The Morgan fingerprint density at radius 1 is 0.744 bits per heavy atom. The fourth-order valence-corrected chi connectivity index (χ4v) is 5.93. The summed E-state index contributed by atoms with van der Waals surface area (Å²) >= 11 is 0. The number of carbonyl (C=O) groups is 1. The Labute approximate surface area is 255 Å². The molecular formula is C38H42O5. The first kappa shape index (κ1) is 30.8. The van der Waals surface area contributed by atoms with E-state index in [0.29, 0.717) is 25.0 Å². The van der Waals surface area contributed by atoms with E-state index in [-0.39, 0.29) is 12.5 Å². The van der Waals surface area contributed by atoms with Crippen molar-refractivity contribution < 1.29 is 24.1 Å². The van der Waals surface area contributed by atoms with Crippen LogP contribution >= 0.6 is 0 Å². The molecule has 1 aliphatic rings. The van der Waals surface area contributed by atoms with Crippen LogP contribution in [-0.4, -0.2) is 35.0 Å². The van der Waals surface area contributed by atoms with Crippen LogP contribution in [0.1, 0.15) is 65.4 Å². The third-order valence-corrected chi connectivity index (χ3v) is 8.49. The highest BCUT2D eigenvalue weighted by Crippen LogP contribution is 2.40. The van der Waals surface area contributed by atoms with E-state index in [2.05, 4.69) is 31.2 Å². The molecule has 0 aliphatic carbocycles. The molecule has 1 saturated heterocycles. The first-order valence-corrected chi connectivity index (χ1v) is 15.3. The summed E-state index contributed by atoms with van der Waals surface area (Å²) in [5.74, 6) is -2.88. The van der Waals surface area contributed by atoms with Gasteiger partial charge in [-0.2, -0.15) is 0 Å². The van der Waals surface area contributed by atoms with Gasteiger partial charge < -0.3 is 19.3 Å². The van der Waals surface area contributed by atoms with Crippen molar-refractivity contribution in [2.45, 2.75) is 77.3 Å². The van der Waals surface area contributed by atoms with Crippen molar-refractivity contribution >= 4 is 5.78 Å². The minimum atomic E-state index is -2.24. The van der Waals surface area contributed by atoms with Crippen molar-refractivity contribution in [3.63, 3.8) is 0 Å². The van der Waals surface area contributed by atoms with Crippen molar-refractivity contribution in [3.05, 3.63) is 143 Å². The van der Waals surface area contributed by atoms with Crippen LogP contribution in [0.15, 0.2) is 109 Å². The lowest BCUT2D eigenvalue weighted by Crippen LogP contribution is -2.66. The van der Waals surface area contributed by atoms with Crippen molar-refractivity contribution in [2.75, 3.05) is 0 Å². The van der Waals surface area contributed by atoms with Gasteiger partial charge in [0.2, 0.25) is 5.78 Å². The van der Waals surface area contributed by atoms with E-state index >= 15 is 0 Å². The van der Waals surface area contributed by atoms with Gasteiger partial charge in [0, 0.05) is 11.5 Å². The highest BCUT2D eigenvalue weighted by atomic mass is 16.7. The van der Waals surface area contributed by atoms with E-state index in [1.165, 1.54) is 5.56 Å². The molecule has 0 unspecified atom stereocenters. The molecule has 0 spiro atoms. The summed E-state index contributed by atoms with van der Waals surface area (Å²) in [6, 6.07) is 35.5. The summed E-state index contributed by atoms with van der Waals surface area (Å²) in [5, 5.41) is 12.4. The van der Waals surface area contributed by atoms with Crippen molar-refractivity contribution in [2.24, 2.45) is 5.92 Å². The van der Waals surface area contributed by atoms with Gasteiger partial charge >= 0.3 is 0 Å². The number of aliphatic hydroxyl groups is 1. The van der Waals surface area contributed by atoms with Gasteiger partial charge in [-0.25, -0.2) is 0 Å². The minimum Gasteiger partial charge on any atom is -0.370 e. The van der Waals surface area contributed by atoms with E-state index in [0.717, 1.165) is 28.7 Å². The molecule has 0 radical (unpaired) electrons. The largest absolute Gasteiger partial charge is 0.370 e. The Morgan fingerprint density at radius 2 is 1.30 bits per heavy atom. The van der Waals surface area contributed by atoms with Gasteiger partial charge in [-0.15, -0.1) is 0 Å². The van der Waals surface area contributed by atoms with Crippen LogP contribution in [0.5, 0.6) is 0 Å². The molecule has 1 N–H and O–H groups in total. The normalized spacial score (nSPS) is 23.6. The number of aryl methyl sites for hydroxylation is 1. The van der Waals surface area contributed by atoms with E-state index in [1.807, 2.05) is 92.7 Å². The number of ketones is 1. The first-order valence-electron chi connectivity index (χ1n) is 15.3. The van der Waals surface area contributed by atoms with Crippen LogP contribution in [0.2, 0.25) is 0 Å². The Balaban J connectivity index is 1.50. The van der Waals surface area contributed by atoms with Gasteiger partial charge in [-0.05, 0) is 47.1 Å². The molecule has 0 saturated carbocycles. The van der Waals surface area contributed by atoms with Gasteiger partial charge in [-0.3, -0.25) is 4.79 Å². The average molecular weight is 579 g/mol. The lowest BCUT2D eigenvalue weighted by molar-refractivity contribution is -0.326. The monoisotopic (exact) mass is 578 g/mol. The summed E-state index contributed by atoms with van der Waals surface area (Å²) in [4.78, 5) is 14.5. The van der Waals surface area contributed by atoms with Gasteiger partial charge in [0.05, 0.1) is 25.4 Å². The molecule has 5 heteroatoms. The maximum Gasteiger partial charge on any atom is 0.261 e. The molecule has 1 aliphatic heterocycles. The highest BCUT2D eigenvalue weighted by molar-refractivity contribution is 6.03. The summed E-state index contributed by atoms with van der Waals surface area (Å²) in [6.45, 7) is 6.70. The Morgan fingerprint density at radius 3 is 1.91 bits per heavy atom. The molecule has 4 aromatic rings. The molecular weight excluding hydrogens is 536 g/mol. The number of hydrogen-bond acceptors (Lipinski definition) is 5. The summed E-state index contributed by atoms with van der Waals surface area (Å²) in [5.41, 5.74) is 5.53. The Hall–Kier alpha value is -3.61. The van der Waals surface area contributed by atoms with Crippen LogP contribution in [0, 0.1) is 5.92 Å². The van der Waals surface area contributed by atoms with Crippen LogP contribution in [0.25, 0.3) is 0 Å². The molecule has 1 fully saturated rings. The predicted molar refractivity (Wildman–Crippen MR) is 169 cm³/mol. The molecule has 0 amide bonds. The maximum atomic E-state index is 14.5. The van der Waals surface area contributed by atoms with Gasteiger partial charge in [-0.1, -0.05) is 130 Å². The van der Waals surface area contributed by atoms with Gasteiger partial charge in [0.1, 0.15) is 6.10 Å². The van der Waals surface area contributed by atoms with Gasteiger partial charge in [0.25, 0.3) is 5.79 Å². The number of carbonyl (C=O) groups excluding carboxylic acids is 1. The van der Waals surface area contributed by atoms with Crippen LogP contribution in [0.3, 0.4) is 0 Å². The zero-order chi connectivity index (χ0) is 30.2. The van der Waals surface area contributed by atoms with Gasteiger partial charge in [0.15, 0.2) is 0 Å². The molecule has 4 aromatic carbocycles. The number of hydrogen-bond donors (Lipinski definition) is 1. The fourth-order valence-electron chi connectivity index (χ4n) is 5.93. The van der Waals surface area contributed by atoms with Crippen molar-refractivity contribution in [1.29, 1.82) is 0 Å². The Kier molecular flexibility index (Phi) is 10.2. The molecule has 43 heavy (non-hydrogen) atoms. The SMILES string of the molecule is CCc1ccc(Cc2ccccc2C(=O)[C@]2(O)O[C@H](CC)[C@@H](C)[C@H](OCc3ccccc3)[C@H]2OCc2ccccc2)cc1. The second-order valence-corrected chi connectivity index (χ2v) is 11.4. The number of rotatable bonds is 12. The smallest absolute Gasteiger partial charge is 0.261 e. The third kappa shape index (κ3) is 7.14. The van der Waals surface area contributed by atoms with Crippen molar-refractivity contribution in [3.8, 4) is 0 Å². The average Bonchev–Trinajstić information content (AvgIpc) is 3.05. The zero-order valence-corrected chi connectivity index (χ0v) is 25.3. The van der Waals surface area contributed by atoms with E-state index in [1.54, 1.807) is 6.07 Å². The quantitative estimate of drug-likeness (QED) is 0.178. The van der Waals surface area contributed by atoms with E-state index in [9.17, 15) is 9.90 Å². The summed E-state index contributed by atoms with van der Waals surface area (Å²) in [6.07, 6.45) is 0.0796. The van der Waals surface area contributed by atoms with Crippen molar-refractivity contribution in [1.82, 2.24) is 0 Å². The lowest BCUT2D eigenvalue weighted by atomic mass is 9.81. The standard InChI is InChI=1S/C38H42O5/c1-4-28-20-22-29(23-21-28)24-32-18-12-13-19-33(32)36(39)38(40)37(42-26-31-16-10-7-11-17-31)35(27(3)34(5-2)43-38)41-25-30-14-8-6-9-15-30/h6-23,27,34-35,37,40H,4-5,24-26H2,1-3H3/t27-,34-,35+,37-,38+/m1/s1. The predicted octanol–water partition coefficient (Wildman–Crippen LogP) is 7.33. The van der Waals surface area contributed by atoms with Crippen LogP contribution in [-0.2, 0) is 40.3 Å². The lowest BCUT2D eigenvalue weighted by Gasteiger charge is -2.49. The molecule has 224 valence electrons. The topological polar surface area (TPSA) is 65.0 Å². The molecule has 5 rings (SSSR count). The van der Waals surface area contributed by atoms with E-state index in [4.69, 9.17) is 14.2 Å². The molecule has 0 bridgehead atoms. The maximum absolute atomic E-state index is 14.5. The van der Waals surface area contributed by atoms with Crippen LogP contribution in [0.4, 0.5) is 0 Å². The summed E-state index contributed by atoms with van der Waals surface area (Å²) < 4.78 is 19.4. The first-order chi connectivity index (χ1) is 20.9. The zero-order valence-electron chi connectivity index (χ0n) is 25.3. The number of Topliss-reactive ketones (excluding diaryl/α,β-unsaturated/α-hetero) is 1. The molecule has 0 aromatic heterocycles. The van der Waals surface area contributed by atoms with Crippen LogP contribution < -0.4 is 0 Å². The van der Waals surface area contributed by atoms with E-state index < -0.39 is 29.9 Å². The molecule has 1 heterocycles. The molecule has 5 nitrogen and oxygen atoms in total. The third-order valence-electron chi connectivity index (χ3n) is 8.49. The minimum absolute atomic E-state index is 0.130. The summed E-state index contributed by atoms with van der Waals surface area (Å²) in [7, 11) is 0. The highest BCUT2D eigenvalue weighted by Gasteiger charge is 2.58. The number of benzene rings is 4. The fraction of sp³-hybridized carbons (Fsp3) is 0.342. The number of ether oxygens (including phenoxy) is 3.